The van der Waals surface area contributed by atoms with Gasteiger partial charge in [-0.1, -0.05) is 0 Å². The van der Waals surface area contributed by atoms with E-state index in [1.54, 1.807) is 31.2 Å². The first-order valence-corrected chi connectivity index (χ1v) is 8.49. The lowest BCUT2D eigenvalue weighted by molar-refractivity contribution is 0.0631. The van der Waals surface area contributed by atoms with E-state index >= 15 is 0 Å². The number of ether oxygens (including phenoxy) is 3. The van der Waals surface area contributed by atoms with Gasteiger partial charge in [0, 0.05) is 25.3 Å². The van der Waals surface area contributed by atoms with E-state index < -0.39 is 6.16 Å². The Balaban J connectivity index is 1.69. The van der Waals surface area contributed by atoms with Gasteiger partial charge in [0.25, 0.3) is 5.91 Å². The van der Waals surface area contributed by atoms with Crippen LogP contribution in [0.2, 0.25) is 0 Å². The maximum atomic E-state index is 12.1. The maximum absolute atomic E-state index is 12.1. The van der Waals surface area contributed by atoms with Gasteiger partial charge in [0.15, 0.2) is 0 Å². The molecule has 0 aliphatic carbocycles. The number of carbonyl (C=O) groups is 2. The molecule has 2 rings (SSSR count). The van der Waals surface area contributed by atoms with Crippen LogP contribution in [0.5, 0.6) is 5.75 Å². The molecule has 1 fully saturated rings. The zero-order chi connectivity index (χ0) is 17.2. The summed E-state index contributed by atoms with van der Waals surface area (Å²) in [6, 6.07) is 6.41. The molecule has 0 spiro atoms. The van der Waals surface area contributed by atoms with E-state index in [-0.39, 0.29) is 12.5 Å². The lowest BCUT2D eigenvalue weighted by atomic mass is 9.95. The molecule has 1 aromatic rings. The molecule has 0 unspecified atom stereocenters. The van der Waals surface area contributed by atoms with Crippen LogP contribution in [0, 0.1) is 5.92 Å². The van der Waals surface area contributed by atoms with Crippen molar-refractivity contribution < 1.29 is 23.8 Å². The van der Waals surface area contributed by atoms with Crippen LogP contribution in [-0.4, -0.2) is 38.4 Å². The van der Waals surface area contributed by atoms with Crippen molar-refractivity contribution in [2.75, 3.05) is 26.4 Å². The first kappa shape index (κ1) is 18.3. The molecular formula is C18H25NO5. The second kappa shape index (κ2) is 9.93. The fourth-order valence-corrected chi connectivity index (χ4v) is 2.65. The molecular weight excluding hydrogens is 310 g/mol. The summed E-state index contributed by atoms with van der Waals surface area (Å²) in [5.41, 5.74) is 0.539. The summed E-state index contributed by atoms with van der Waals surface area (Å²) in [7, 11) is 0. The molecule has 24 heavy (non-hydrogen) atoms. The summed E-state index contributed by atoms with van der Waals surface area (Å²) in [6.07, 6.45) is 3.59. The molecule has 0 bridgehead atoms. The molecule has 0 saturated carbocycles. The molecule has 0 aromatic heterocycles. The molecule has 132 valence electrons. The lowest BCUT2D eigenvalue weighted by Gasteiger charge is -2.21. The molecule has 1 N–H and O–H groups in total. The quantitative estimate of drug-likeness (QED) is 0.471. The van der Waals surface area contributed by atoms with E-state index in [0.717, 1.165) is 44.8 Å². The van der Waals surface area contributed by atoms with E-state index in [0.29, 0.717) is 17.9 Å². The largest absolute Gasteiger partial charge is 0.513 e. The molecule has 0 radical (unpaired) electrons. The summed E-state index contributed by atoms with van der Waals surface area (Å²) >= 11 is 0. The standard InChI is InChI=1S/C18H25NO5/c1-2-23-18(21)24-16-7-5-15(6-8-16)17(20)19-11-3-4-14-9-12-22-13-10-14/h5-8,14H,2-4,9-13H2,1H3,(H,19,20). The van der Waals surface area contributed by atoms with E-state index in [1.165, 1.54) is 0 Å². The Kier molecular flexibility index (Phi) is 7.55. The number of benzene rings is 1. The Morgan fingerprint density at radius 1 is 1.21 bits per heavy atom. The number of carbonyl (C=O) groups excluding carboxylic acids is 2. The van der Waals surface area contributed by atoms with Gasteiger partial charge in [-0.15, -0.1) is 0 Å². The second-order valence-electron chi connectivity index (χ2n) is 5.76. The number of amides is 1. The van der Waals surface area contributed by atoms with Crippen LogP contribution in [0.25, 0.3) is 0 Å². The van der Waals surface area contributed by atoms with Gasteiger partial charge in [-0.25, -0.2) is 4.79 Å². The van der Waals surface area contributed by atoms with Crippen molar-refractivity contribution in [1.29, 1.82) is 0 Å². The average Bonchev–Trinajstić information content (AvgIpc) is 2.60. The van der Waals surface area contributed by atoms with Gasteiger partial charge in [0.2, 0.25) is 0 Å². The Labute approximate surface area is 142 Å². The van der Waals surface area contributed by atoms with Crippen LogP contribution in [0.4, 0.5) is 4.79 Å². The van der Waals surface area contributed by atoms with Crippen molar-refractivity contribution in [2.24, 2.45) is 5.92 Å². The summed E-state index contributed by atoms with van der Waals surface area (Å²) in [5.74, 6) is 0.948. The van der Waals surface area contributed by atoms with Gasteiger partial charge in [-0.05, 0) is 62.8 Å². The van der Waals surface area contributed by atoms with Crippen LogP contribution in [-0.2, 0) is 9.47 Å². The average molecular weight is 335 g/mol. The van der Waals surface area contributed by atoms with Crippen molar-refractivity contribution in [2.45, 2.75) is 32.6 Å². The van der Waals surface area contributed by atoms with Crippen LogP contribution in [0.3, 0.4) is 0 Å². The van der Waals surface area contributed by atoms with Crippen LogP contribution >= 0.6 is 0 Å². The normalized spacial score (nSPS) is 14.9. The fourth-order valence-electron chi connectivity index (χ4n) is 2.65. The first-order chi connectivity index (χ1) is 11.7. The second-order valence-corrected chi connectivity index (χ2v) is 5.76. The highest BCUT2D eigenvalue weighted by molar-refractivity contribution is 5.94. The zero-order valence-corrected chi connectivity index (χ0v) is 14.1. The van der Waals surface area contributed by atoms with Crippen LogP contribution < -0.4 is 10.1 Å². The third-order valence-electron chi connectivity index (χ3n) is 4.00. The minimum Gasteiger partial charge on any atom is -0.434 e. The smallest absolute Gasteiger partial charge is 0.434 e. The lowest BCUT2D eigenvalue weighted by Crippen LogP contribution is -2.25. The summed E-state index contributed by atoms with van der Waals surface area (Å²) in [5, 5.41) is 2.92. The number of nitrogens with one attached hydrogen (secondary N) is 1. The molecule has 1 aliphatic heterocycles. The molecule has 1 heterocycles. The highest BCUT2D eigenvalue weighted by Crippen LogP contribution is 2.19. The van der Waals surface area contributed by atoms with E-state index in [1.807, 2.05) is 0 Å². The highest BCUT2D eigenvalue weighted by atomic mass is 16.7. The van der Waals surface area contributed by atoms with E-state index in [2.05, 4.69) is 5.32 Å². The SMILES string of the molecule is CCOC(=O)Oc1ccc(C(=O)NCCCC2CCOCC2)cc1. The van der Waals surface area contributed by atoms with Gasteiger partial charge in [0.05, 0.1) is 6.61 Å². The maximum Gasteiger partial charge on any atom is 0.513 e. The van der Waals surface area contributed by atoms with Gasteiger partial charge < -0.3 is 19.5 Å². The zero-order valence-electron chi connectivity index (χ0n) is 14.1. The fraction of sp³-hybridized carbons (Fsp3) is 0.556. The molecule has 0 atom stereocenters. The van der Waals surface area contributed by atoms with Gasteiger partial charge in [-0.3, -0.25) is 4.79 Å². The molecule has 1 amide bonds. The summed E-state index contributed by atoms with van der Waals surface area (Å²) in [6.45, 7) is 4.34. The Hall–Kier alpha value is -2.08. The van der Waals surface area contributed by atoms with E-state index in [9.17, 15) is 9.59 Å². The topological polar surface area (TPSA) is 73.9 Å². The minimum absolute atomic E-state index is 0.121. The molecule has 1 aromatic carbocycles. The predicted molar refractivity (Wildman–Crippen MR) is 89.2 cm³/mol. The molecule has 1 saturated heterocycles. The Bertz CT molecular complexity index is 523. The van der Waals surface area contributed by atoms with Gasteiger partial charge in [0.1, 0.15) is 5.75 Å². The van der Waals surface area contributed by atoms with Crippen molar-refractivity contribution in [1.82, 2.24) is 5.32 Å². The van der Waals surface area contributed by atoms with Crippen molar-refractivity contribution >= 4 is 12.1 Å². The summed E-state index contributed by atoms with van der Waals surface area (Å²) in [4.78, 5) is 23.3. The number of rotatable bonds is 7. The van der Waals surface area contributed by atoms with Gasteiger partial charge >= 0.3 is 6.16 Å². The number of hydrogen-bond acceptors (Lipinski definition) is 5. The minimum atomic E-state index is -0.747. The number of hydrogen-bond donors (Lipinski definition) is 1. The van der Waals surface area contributed by atoms with Crippen molar-refractivity contribution in [3.05, 3.63) is 29.8 Å². The third-order valence-corrected chi connectivity index (χ3v) is 4.00. The molecule has 6 heteroatoms. The van der Waals surface area contributed by atoms with Crippen molar-refractivity contribution in [3.63, 3.8) is 0 Å². The molecule has 6 nitrogen and oxygen atoms in total. The van der Waals surface area contributed by atoms with Gasteiger partial charge in [-0.2, -0.15) is 0 Å². The Morgan fingerprint density at radius 2 is 1.92 bits per heavy atom. The first-order valence-electron chi connectivity index (χ1n) is 8.49. The van der Waals surface area contributed by atoms with Crippen LogP contribution in [0.15, 0.2) is 24.3 Å². The third kappa shape index (κ3) is 6.20. The van der Waals surface area contributed by atoms with Crippen molar-refractivity contribution in [3.8, 4) is 5.75 Å². The predicted octanol–water partition coefficient (Wildman–Crippen LogP) is 3.16. The van der Waals surface area contributed by atoms with Crippen LogP contribution in [0.1, 0.15) is 43.0 Å². The van der Waals surface area contributed by atoms with E-state index in [4.69, 9.17) is 14.2 Å². The monoisotopic (exact) mass is 335 g/mol. The highest BCUT2D eigenvalue weighted by Gasteiger charge is 2.13. The molecule has 1 aliphatic rings. The Morgan fingerprint density at radius 3 is 2.58 bits per heavy atom. The summed E-state index contributed by atoms with van der Waals surface area (Å²) < 4.78 is 15.0.